The Balaban J connectivity index is 1.16. The smallest absolute Gasteiger partial charge is 0.280 e. The van der Waals surface area contributed by atoms with Gasteiger partial charge in [-0.1, -0.05) is 5.16 Å². The molecule has 1 saturated carbocycles. The molecule has 2 aliphatic rings. The van der Waals surface area contributed by atoms with Crippen LogP contribution in [-0.4, -0.2) is 42.3 Å². The third-order valence-corrected chi connectivity index (χ3v) is 6.49. The SMILES string of the molecule is Cn1cnc2ncn(Cc3nc([C@H]4[C@@H]5CN(c6cc(F)c(C#N)c(F)c6)C[C@@H]54)no3)c(=O)c21. The summed E-state index contributed by atoms with van der Waals surface area (Å²) in [7, 11) is 1.73. The van der Waals surface area contributed by atoms with E-state index in [1.54, 1.807) is 11.6 Å². The Hall–Kier alpha value is -4.14. The normalized spacial score (nSPS) is 21.4. The number of rotatable bonds is 4. The highest BCUT2D eigenvalue weighted by molar-refractivity contribution is 5.68. The van der Waals surface area contributed by atoms with E-state index in [0.717, 1.165) is 0 Å². The first-order valence-electron chi connectivity index (χ1n) is 10.3. The minimum Gasteiger partial charge on any atom is -0.371 e. The summed E-state index contributed by atoms with van der Waals surface area (Å²) in [6.07, 6.45) is 2.94. The molecular weight excluding hydrogens is 434 g/mol. The van der Waals surface area contributed by atoms with E-state index < -0.39 is 17.2 Å². The van der Waals surface area contributed by atoms with Crippen LogP contribution >= 0.6 is 0 Å². The molecule has 33 heavy (non-hydrogen) atoms. The highest BCUT2D eigenvalue weighted by Gasteiger charge is 2.58. The van der Waals surface area contributed by atoms with E-state index in [4.69, 9.17) is 9.78 Å². The molecule has 166 valence electrons. The number of aromatic nitrogens is 6. The van der Waals surface area contributed by atoms with Crippen LogP contribution in [0, 0.1) is 34.8 Å². The van der Waals surface area contributed by atoms with Crippen LogP contribution in [-0.2, 0) is 13.6 Å². The van der Waals surface area contributed by atoms with Crippen molar-refractivity contribution < 1.29 is 13.3 Å². The largest absolute Gasteiger partial charge is 0.371 e. The molecule has 0 amide bonds. The van der Waals surface area contributed by atoms with Gasteiger partial charge in [-0.25, -0.2) is 18.7 Å². The summed E-state index contributed by atoms with van der Waals surface area (Å²) >= 11 is 0. The van der Waals surface area contributed by atoms with Crippen LogP contribution in [0.15, 0.2) is 34.1 Å². The number of aryl methyl sites for hydroxylation is 1. The van der Waals surface area contributed by atoms with Crippen molar-refractivity contribution in [2.75, 3.05) is 18.0 Å². The maximum absolute atomic E-state index is 14.0. The fraction of sp³-hybridized carbons (Fsp3) is 0.333. The van der Waals surface area contributed by atoms with Crippen LogP contribution in [0.3, 0.4) is 0 Å². The van der Waals surface area contributed by atoms with Gasteiger partial charge in [-0.3, -0.25) is 9.36 Å². The average molecular weight is 450 g/mol. The first-order valence-corrected chi connectivity index (χ1v) is 10.3. The maximum Gasteiger partial charge on any atom is 0.280 e. The standard InChI is InChI=1S/C21H16F2N8O2/c1-29-8-25-20-18(29)21(32)31(9-26-20)7-16-27-19(28-33-16)17-12-5-30(6-13(12)17)10-2-14(22)11(4-24)15(23)3-10/h2-3,8-9,12-13,17H,5-7H2,1H3/t12-,13+,17+. The predicted molar refractivity (Wildman–Crippen MR) is 109 cm³/mol. The zero-order valence-electron chi connectivity index (χ0n) is 17.3. The molecule has 4 aromatic rings. The molecular formula is C21H16F2N8O2. The molecule has 2 fully saturated rings. The van der Waals surface area contributed by atoms with Crippen LogP contribution in [0.2, 0.25) is 0 Å². The van der Waals surface area contributed by atoms with Crippen molar-refractivity contribution >= 4 is 16.9 Å². The Morgan fingerprint density at radius 1 is 1.18 bits per heavy atom. The van der Waals surface area contributed by atoms with Gasteiger partial charge in [0.05, 0.1) is 6.33 Å². The highest BCUT2D eigenvalue weighted by Crippen LogP contribution is 2.58. The van der Waals surface area contributed by atoms with E-state index in [2.05, 4.69) is 20.1 Å². The predicted octanol–water partition coefficient (Wildman–Crippen LogP) is 1.56. The molecule has 12 heteroatoms. The van der Waals surface area contributed by atoms with E-state index in [0.29, 0.717) is 41.7 Å². The molecule has 1 aromatic carbocycles. The summed E-state index contributed by atoms with van der Waals surface area (Å²) in [4.78, 5) is 27.3. The van der Waals surface area contributed by atoms with Gasteiger partial charge in [0, 0.05) is 31.7 Å². The summed E-state index contributed by atoms with van der Waals surface area (Å²) in [5.74, 6) is -0.267. The van der Waals surface area contributed by atoms with E-state index in [1.165, 1.54) is 35.4 Å². The lowest BCUT2D eigenvalue weighted by atomic mass is 10.1. The molecule has 0 N–H and O–H groups in total. The molecule has 1 saturated heterocycles. The van der Waals surface area contributed by atoms with Crippen molar-refractivity contribution in [3.8, 4) is 6.07 Å². The van der Waals surface area contributed by atoms with Crippen molar-refractivity contribution in [1.29, 1.82) is 5.26 Å². The number of benzene rings is 1. The second-order valence-corrected chi connectivity index (χ2v) is 8.41. The van der Waals surface area contributed by atoms with Crippen LogP contribution in [0.5, 0.6) is 0 Å². The lowest BCUT2D eigenvalue weighted by Crippen LogP contribution is -2.24. The van der Waals surface area contributed by atoms with E-state index in [1.807, 2.05) is 4.90 Å². The number of hydrogen-bond acceptors (Lipinski definition) is 8. The lowest BCUT2D eigenvalue weighted by molar-refractivity contribution is 0.363. The fourth-order valence-electron chi connectivity index (χ4n) is 4.77. The molecule has 4 heterocycles. The monoisotopic (exact) mass is 450 g/mol. The summed E-state index contributed by atoms with van der Waals surface area (Å²) in [6, 6.07) is 3.92. The average Bonchev–Trinajstić information content (AvgIpc) is 3.20. The number of anilines is 1. The van der Waals surface area contributed by atoms with Gasteiger partial charge in [0.15, 0.2) is 17.0 Å². The van der Waals surface area contributed by atoms with Crippen LogP contribution < -0.4 is 10.5 Å². The van der Waals surface area contributed by atoms with Crippen LogP contribution in [0.25, 0.3) is 11.2 Å². The van der Waals surface area contributed by atoms with Gasteiger partial charge in [-0.2, -0.15) is 10.2 Å². The van der Waals surface area contributed by atoms with Gasteiger partial charge in [0.25, 0.3) is 5.56 Å². The number of nitrogens with zero attached hydrogens (tertiary/aromatic N) is 8. The van der Waals surface area contributed by atoms with Gasteiger partial charge in [0.1, 0.15) is 36.1 Å². The molecule has 1 aliphatic heterocycles. The second kappa shape index (κ2) is 6.93. The Labute approximate surface area is 184 Å². The first-order chi connectivity index (χ1) is 15.9. The Kier molecular flexibility index (Phi) is 4.10. The molecule has 6 rings (SSSR count). The number of imidazole rings is 1. The maximum atomic E-state index is 14.0. The third kappa shape index (κ3) is 3.00. The number of fused-ring (bicyclic) bond motifs is 2. The van der Waals surface area contributed by atoms with Gasteiger partial charge >= 0.3 is 0 Å². The number of nitriles is 1. The van der Waals surface area contributed by atoms with Gasteiger partial charge < -0.3 is 14.0 Å². The molecule has 0 unspecified atom stereocenters. The van der Waals surface area contributed by atoms with E-state index in [-0.39, 0.29) is 29.9 Å². The van der Waals surface area contributed by atoms with Crippen LogP contribution in [0.4, 0.5) is 14.5 Å². The molecule has 0 radical (unpaired) electrons. The molecule has 3 aromatic heterocycles. The zero-order chi connectivity index (χ0) is 22.9. The van der Waals surface area contributed by atoms with Crippen molar-refractivity contribution in [3.63, 3.8) is 0 Å². The summed E-state index contributed by atoms with van der Waals surface area (Å²) in [5.41, 5.74) is 0.367. The van der Waals surface area contributed by atoms with E-state index in [9.17, 15) is 13.6 Å². The van der Waals surface area contributed by atoms with E-state index >= 15 is 0 Å². The van der Waals surface area contributed by atoms with Gasteiger partial charge in [-0.15, -0.1) is 0 Å². The van der Waals surface area contributed by atoms with Crippen molar-refractivity contribution in [1.82, 2.24) is 29.2 Å². The molecule has 1 aliphatic carbocycles. The molecule has 0 bridgehead atoms. The highest BCUT2D eigenvalue weighted by atomic mass is 19.1. The lowest BCUT2D eigenvalue weighted by Gasteiger charge is -2.21. The Morgan fingerprint density at radius 3 is 2.58 bits per heavy atom. The Morgan fingerprint density at radius 2 is 1.88 bits per heavy atom. The summed E-state index contributed by atoms with van der Waals surface area (Å²) in [6.45, 7) is 1.30. The molecule has 10 nitrogen and oxygen atoms in total. The summed E-state index contributed by atoms with van der Waals surface area (Å²) < 4.78 is 36.3. The Bertz CT molecular complexity index is 1480. The number of hydrogen-bond donors (Lipinski definition) is 0. The van der Waals surface area contributed by atoms with Crippen molar-refractivity contribution in [2.45, 2.75) is 12.5 Å². The van der Waals surface area contributed by atoms with Gasteiger partial charge in [0.2, 0.25) is 5.89 Å². The fourth-order valence-corrected chi connectivity index (χ4v) is 4.77. The number of piperidine rings is 1. The summed E-state index contributed by atoms with van der Waals surface area (Å²) in [5, 5.41) is 12.9. The number of halogens is 2. The van der Waals surface area contributed by atoms with Crippen LogP contribution in [0.1, 0.15) is 23.2 Å². The van der Waals surface area contributed by atoms with Crippen molar-refractivity contribution in [2.24, 2.45) is 18.9 Å². The second-order valence-electron chi connectivity index (χ2n) is 8.41. The van der Waals surface area contributed by atoms with Gasteiger partial charge in [-0.05, 0) is 24.0 Å². The minimum atomic E-state index is -0.860. The third-order valence-electron chi connectivity index (χ3n) is 6.49. The topological polar surface area (TPSA) is 119 Å². The minimum absolute atomic E-state index is 0.0952. The zero-order valence-corrected chi connectivity index (χ0v) is 17.3. The molecule has 3 atom stereocenters. The molecule has 0 spiro atoms. The van der Waals surface area contributed by atoms with Crippen molar-refractivity contribution in [3.05, 3.63) is 64.1 Å². The first kappa shape index (κ1) is 19.5. The quantitative estimate of drug-likeness (QED) is 0.460.